The Labute approximate surface area is 178 Å². The number of methoxy groups -OCH3 is 1. The van der Waals surface area contributed by atoms with Gasteiger partial charge in [0.25, 0.3) is 5.91 Å². The van der Waals surface area contributed by atoms with E-state index in [1.54, 1.807) is 48.3 Å². The van der Waals surface area contributed by atoms with Gasteiger partial charge in [-0.05, 0) is 19.1 Å². The van der Waals surface area contributed by atoms with Crippen molar-refractivity contribution in [3.8, 4) is 11.1 Å². The van der Waals surface area contributed by atoms with Crippen molar-refractivity contribution in [1.82, 2.24) is 5.01 Å². The highest BCUT2D eigenvalue weighted by atomic mass is 35.5. The highest BCUT2D eigenvalue weighted by molar-refractivity contribution is 6.36. The largest absolute Gasteiger partial charge is 0.465 e. The van der Waals surface area contributed by atoms with E-state index in [2.05, 4.69) is 0 Å². The lowest BCUT2D eigenvalue weighted by molar-refractivity contribution is -0.150. The molecule has 0 spiro atoms. The predicted molar refractivity (Wildman–Crippen MR) is 112 cm³/mol. The van der Waals surface area contributed by atoms with Gasteiger partial charge in [-0.25, -0.2) is 9.80 Å². The van der Waals surface area contributed by atoms with Crippen LogP contribution in [0.15, 0.2) is 36.4 Å². The molecule has 154 valence electrons. The maximum Gasteiger partial charge on any atom is 0.329 e. The van der Waals surface area contributed by atoms with Crippen molar-refractivity contribution in [1.29, 1.82) is 0 Å². The number of ether oxygens (including phenoxy) is 2. The number of likely N-dealkylation sites (N-methyl/N-ethyl adjacent to an activating group) is 1. The van der Waals surface area contributed by atoms with Crippen molar-refractivity contribution in [2.75, 3.05) is 25.8 Å². The smallest absolute Gasteiger partial charge is 0.329 e. The fourth-order valence-corrected chi connectivity index (χ4v) is 4.08. The summed E-state index contributed by atoms with van der Waals surface area (Å²) in [7, 11) is 3.04. The van der Waals surface area contributed by atoms with Crippen LogP contribution in [0.4, 0.5) is 5.69 Å². The van der Waals surface area contributed by atoms with Crippen LogP contribution in [0.2, 0.25) is 10.0 Å². The standard InChI is InChI=1S/C20H21Cl2N3O4/c1-4-29-20(27)17-14-7-5-6-13(12-9-8-11(21)10-15(12)22)16(14)25(24(17)2)19(28-3)18(23)26/h5-10,17,19H,4H2,1-3H3,(H2,23,26). The average molecular weight is 438 g/mol. The van der Waals surface area contributed by atoms with Gasteiger partial charge in [-0.15, -0.1) is 0 Å². The summed E-state index contributed by atoms with van der Waals surface area (Å²) in [6, 6.07) is 9.82. The number of para-hydroxylation sites is 1. The molecule has 1 amide bonds. The van der Waals surface area contributed by atoms with Crippen LogP contribution in [-0.2, 0) is 19.1 Å². The summed E-state index contributed by atoms with van der Waals surface area (Å²) in [5.41, 5.74) is 8.20. The Hall–Kier alpha value is -2.32. The van der Waals surface area contributed by atoms with E-state index in [1.165, 1.54) is 7.11 Å². The van der Waals surface area contributed by atoms with Crippen molar-refractivity contribution in [3.63, 3.8) is 0 Å². The molecule has 2 atom stereocenters. The van der Waals surface area contributed by atoms with Crippen LogP contribution in [0.5, 0.6) is 0 Å². The van der Waals surface area contributed by atoms with Gasteiger partial charge in [-0.3, -0.25) is 9.80 Å². The molecule has 7 nitrogen and oxygen atoms in total. The molecule has 1 aliphatic heterocycles. The summed E-state index contributed by atoms with van der Waals surface area (Å²) in [6.07, 6.45) is -1.13. The Morgan fingerprint density at radius 3 is 2.52 bits per heavy atom. The topological polar surface area (TPSA) is 85.1 Å². The first kappa shape index (κ1) is 21.4. The number of benzene rings is 2. The number of hydrazine groups is 1. The van der Waals surface area contributed by atoms with E-state index in [4.69, 9.17) is 38.4 Å². The molecule has 29 heavy (non-hydrogen) atoms. The number of fused-ring (bicyclic) bond motifs is 1. The van der Waals surface area contributed by atoms with Gasteiger partial charge in [-0.1, -0.05) is 47.5 Å². The molecule has 0 radical (unpaired) electrons. The van der Waals surface area contributed by atoms with E-state index in [0.717, 1.165) is 0 Å². The summed E-state index contributed by atoms with van der Waals surface area (Å²) >= 11 is 12.5. The molecule has 2 unspecified atom stereocenters. The van der Waals surface area contributed by atoms with Gasteiger partial charge in [0.1, 0.15) is 0 Å². The van der Waals surface area contributed by atoms with Crippen LogP contribution >= 0.6 is 23.2 Å². The lowest BCUT2D eigenvalue weighted by Gasteiger charge is -2.34. The highest BCUT2D eigenvalue weighted by Crippen LogP contribution is 2.48. The van der Waals surface area contributed by atoms with Crippen molar-refractivity contribution < 1.29 is 19.1 Å². The second-order valence-electron chi connectivity index (χ2n) is 6.43. The Morgan fingerprint density at radius 2 is 1.93 bits per heavy atom. The highest BCUT2D eigenvalue weighted by Gasteiger charge is 2.45. The number of carbonyl (C=O) groups is 2. The van der Waals surface area contributed by atoms with E-state index in [-0.39, 0.29) is 6.61 Å². The average Bonchev–Trinajstić information content (AvgIpc) is 2.95. The van der Waals surface area contributed by atoms with E-state index in [9.17, 15) is 9.59 Å². The van der Waals surface area contributed by atoms with Crippen molar-refractivity contribution in [3.05, 3.63) is 52.0 Å². The first-order chi connectivity index (χ1) is 13.8. The van der Waals surface area contributed by atoms with E-state index in [0.29, 0.717) is 32.4 Å². The Bertz CT molecular complexity index is 953. The third-order valence-electron chi connectivity index (χ3n) is 4.72. The van der Waals surface area contributed by atoms with Crippen molar-refractivity contribution in [2.24, 2.45) is 5.73 Å². The van der Waals surface area contributed by atoms with Crippen LogP contribution in [-0.4, -0.2) is 43.9 Å². The minimum Gasteiger partial charge on any atom is -0.465 e. The molecule has 0 fully saturated rings. The number of rotatable bonds is 6. The van der Waals surface area contributed by atoms with Gasteiger partial charge in [0.2, 0.25) is 6.23 Å². The Morgan fingerprint density at radius 1 is 1.21 bits per heavy atom. The molecule has 2 aromatic rings. The summed E-state index contributed by atoms with van der Waals surface area (Å²) in [5.74, 6) is -1.15. The van der Waals surface area contributed by atoms with Gasteiger partial charge in [-0.2, -0.15) is 0 Å². The van der Waals surface area contributed by atoms with Crippen molar-refractivity contribution >= 4 is 40.8 Å². The fraction of sp³-hybridized carbons (Fsp3) is 0.300. The van der Waals surface area contributed by atoms with Crippen LogP contribution in [0.1, 0.15) is 18.5 Å². The molecule has 3 rings (SSSR count). The van der Waals surface area contributed by atoms with Gasteiger partial charge >= 0.3 is 5.97 Å². The molecule has 0 saturated heterocycles. The molecular formula is C20H21Cl2N3O4. The summed E-state index contributed by atoms with van der Waals surface area (Å²) < 4.78 is 10.6. The van der Waals surface area contributed by atoms with Crippen LogP contribution < -0.4 is 10.7 Å². The number of halogens is 2. The van der Waals surface area contributed by atoms with Gasteiger partial charge in [0.05, 0.1) is 12.3 Å². The number of hydrogen-bond donors (Lipinski definition) is 1. The normalized spacial score (nSPS) is 17.1. The van der Waals surface area contributed by atoms with Crippen LogP contribution in [0.3, 0.4) is 0 Å². The van der Waals surface area contributed by atoms with Crippen LogP contribution in [0.25, 0.3) is 11.1 Å². The first-order valence-corrected chi connectivity index (χ1v) is 9.66. The van der Waals surface area contributed by atoms with Gasteiger partial charge in [0, 0.05) is 40.9 Å². The van der Waals surface area contributed by atoms with Gasteiger partial charge in [0.15, 0.2) is 6.04 Å². The van der Waals surface area contributed by atoms with E-state index in [1.807, 2.05) is 12.1 Å². The number of carbonyl (C=O) groups excluding carboxylic acids is 2. The number of nitrogens with zero attached hydrogens (tertiary/aromatic N) is 2. The number of amides is 1. The molecule has 0 aliphatic carbocycles. The molecule has 2 aromatic carbocycles. The number of esters is 1. The molecule has 2 N–H and O–H groups in total. The fourth-order valence-electron chi connectivity index (χ4n) is 3.57. The minimum atomic E-state index is -1.13. The predicted octanol–water partition coefficient (Wildman–Crippen LogP) is 3.39. The zero-order valence-corrected chi connectivity index (χ0v) is 17.7. The van der Waals surface area contributed by atoms with Crippen LogP contribution in [0, 0.1) is 0 Å². The summed E-state index contributed by atoms with van der Waals surface area (Å²) in [6.45, 7) is 1.96. The maximum absolute atomic E-state index is 12.7. The summed E-state index contributed by atoms with van der Waals surface area (Å²) in [4.78, 5) is 24.8. The molecule has 0 bridgehead atoms. The maximum atomic E-state index is 12.7. The zero-order chi connectivity index (χ0) is 21.3. The number of hydrogen-bond acceptors (Lipinski definition) is 6. The van der Waals surface area contributed by atoms with Gasteiger partial charge < -0.3 is 15.2 Å². The Kier molecular flexibility index (Phi) is 6.33. The molecule has 0 aromatic heterocycles. The molecule has 9 heteroatoms. The molecule has 1 heterocycles. The second-order valence-corrected chi connectivity index (χ2v) is 7.27. The lowest BCUT2D eigenvalue weighted by Crippen LogP contribution is -2.52. The number of primary amides is 1. The first-order valence-electron chi connectivity index (χ1n) is 8.90. The van der Waals surface area contributed by atoms with E-state index < -0.39 is 24.1 Å². The quantitative estimate of drug-likeness (QED) is 0.697. The summed E-state index contributed by atoms with van der Waals surface area (Å²) in [5, 5.41) is 4.08. The number of nitrogens with two attached hydrogens (primary N) is 1. The third kappa shape index (κ3) is 3.79. The van der Waals surface area contributed by atoms with E-state index >= 15 is 0 Å². The molecular weight excluding hydrogens is 417 g/mol. The molecule has 0 saturated carbocycles. The monoisotopic (exact) mass is 437 g/mol. The lowest BCUT2D eigenvalue weighted by atomic mass is 9.97. The second kappa shape index (κ2) is 8.59. The van der Waals surface area contributed by atoms with Crippen molar-refractivity contribution in [2.45, 2.75) is 19.2 Å². The third-order valence-corrected chi connectivity index (χ3v) is 5.27. The Balaban J connectivity index is 2.26. The minimum absolute atomic E-state index is 0.227. The molecule has 1 aliphatic rings. The number of anilines is 1. The SMILES string of the molecule is CCOC(=O)C1c2cccc(-c3ccc(Cl)cc3Cl)c2N(C(OC)C(N)=O)N1C. The zero-order valence-electron chi connectivity index (χ0n) is 16.2.